The van der Waals surface area contributed by atoms with E-state index in [0.29, 0.717) is 16.7 Å². The predicted octanol–water partition coefficient (Wildman–Crippen LogP) is 3.38. The molecule has 0 bridgehead atoms. The van der Waals surface area contributed by atoms with E-state index < -0.39 is 34.5 Å². The molecule has 2 nitrogen and oxygen atoms in total. The van der Waals surface area contributed by atoms with Gasteiger partial charge >= 0.3 is 0 Å². The van der Waals surface area contributed by atoms with Crippen molar-refractivity contribution in [3.63, 3.8) is 0 Å². The number of rotatable bonds is 4. The maximum atomic E-state index is 13.4. The molecule has 0 aliphatic heterocycles. The molecule has 1 amide bonds. The molecule has 1 aromatic carbocycles. The van der Waals surface area contributed by atoms with Crippen molar-refractivity contribution in [2.75, 3.05) is 10.7 Å². The zero-order chi connectivity index (χ0) is 13.9. The monoisotopic (exact) mass is 387 g/mol. The number of halogens is 5. The zero-order valence-electron chi connectivity index (χ0n) is 9.37. The van der Waals surface area contributed by atoms with Crippen molar-refractivity contribution in [2.24, 2.45) is 0 Å². The second kappa shape index (κ2) is 6.06. The third kappa shape index (κ3) is 3.26. The van der Waals surface area contributed by atoms with Crippen LogP contribution in [0.1, 0.15) is 17.3 Å². The number of amides is 1. The molecule has 0 unspecified atom stereocenters. The first-order valence-corrected chi connectivity index (χ1v) is 7.17. The van der Waals surface area contributed by atoms with Gasteiger partial charge in [-0.15, -0.1) is 0 Å². The lowest BCUT2D eigenvalue weighted by molar-refractivity contribution is 0.0917. The molecule has 0 aromatic heterocycles. The summed E-state index contributed by atoms with van der Waals surface area (Å²) in [5.74, 6) is -5.26. The van der Waals surface area contributed by atoms with Crippen LogP contribution >= 0.6 is 31.9 Å². The summed E-state index contributed by atoms with van der Waals surface area (Å²) in [5.41, 5.74) is -1.18. The van der Waals surface area contributed by atoms with Gasteiger partial charge in [0.1, 0.15) is 0 Å². The Kier molecular flexibility index (Phi) is 5.21. The average Bonchev–Trinajstić information content (AvgIpc) is 2.35. The van der Waals surface area contributed by atoms with Crippen molar-refractivity contribution < 1.29 is 18.0 Å². The Bertz CT molecular complexity index is 464. The molecule has 0 saturated heterocycles. The van der Waals surface area contributed by atoms with Crippen molar-refractivity contribution in [1.82, 2.24) is 5.32 Å². The third-order valence-electron chi connectivity index (χ3n) is 2.28. The molecule has 0 aliphatic carbocycles. The quantitative estimate of drug-likeness (QED) is 0.621. The zero-order valence-corrected chi connectivity index (χ0v) is 12.5. The van der Waals surface area contributed by atoms with E-state index in [1.54, 1.807) is 6.92 Å². The van der Waals surface area contributed by atoms with Crippen LogP contribution in [0.4, 0.5) is 13.2 Å². The molecule has 100 valence electrons. The highest BCUT2D eigenvalue weighted by Crippen LogP contribution is 2.17. The lowest BCUT2D eigenvalue weighted by atomic mass is 10.1. The molecule has 1 aromatic rings. The van der Waals surface area contributed by atoms with Gasteiger partial charge in [-0.2, -0.15) is 0 Å². The lowest BCUT2D eigenvalue weighted by Crippen LogP contribution is -2.49. The van der Waals surface area contributed by atoms with Crippen molar-refractivity contribution in [3.8, 4) is 0 Å². The summed E-state index contributed by atoms with van der Waals surface area (Å²) in [6.07, 6.45) is 0. The number of carbonyl (C=O) groups excluding carboxylic acids is 1. The van der Waals surface area contributed by atoms with E-state index in [1.165, 1.54) is 0 Å². The number of hydrogen-bond donors (Lipinski definition) is 1. The first kappa shape index (κ1) is 15.5. The van der Waals surface area contributed by atoms with Gasteiger partial charge in [0, 0.05) is 10.7 Å². The van der Waals surface area contributed by atoms with E-state index in [4.69, 9.17) is 0 Å². The van der Waals surface area contributed by atoms with Crippen LogP contribution in [0.2, 0.25) is 0 Å². The Morgan fingerprint density at radius 1 is 1.22 bits per heavy atom. The van der Waals surface area contributed by atoms with Crippen LogP contribution in [0.5, 0.6) is 0 Å². The Hall–Kier alpha value is -0.560. The molecule has 0 saturated carbocycles. The lowest BCUT2D eigenvalue weighted by Gasteiger charge is -2.26. The van der Waals surface area contributed by atoms with Crippen LogP contribution in [0, 0.1) is 17.5 Å². The summed E-state index contributed by atoms with van der Waals surface area (Å²) >= 11 is 6.41. The largest absolute Gasteiger partial charge is 0.345 e. The fourth-order valence-corrected chi connectivity index (χ4v) is 2.35. The summed E-state index contributed by atoms with van der Waals surface area (Å²) in [6.45, 7) is 1.71. The SMILES string of the molecule is CC(CBr)(CBr)NC(=O)c1ccc(F)c(F)c1F. The van der Waals surface area contributed by atoms with Crippen LogP contribution in [-0.2, 0) is 0 Å². The fourth-order valence-electron chi connectivity index (χ4n) is 1.15. The van der Waals surface area contributed by atoms with Crippen LogP contribution in [0.3, 0.4) is 0 Å². The molecule has 0 radical (unpaired) electrons. The molecular formula is C11H10Br2F3NO. The van der Waals surface area contributed by atoms with Gasteiger partial charge in [-0.05, 0) is 19.1 Å². The number of benzene rings is 1. The second-order valence-corrected chi connectivity index (χ2v) is 5.13. The smallest absolute Gasteiger partial charge is 0.254 e. The molecule has 0 spiro atoms. The maximum absolute atomic E-state index is 13.4. The van der Waals surface area contributed by atoms with Crippen LogP contribution < -0.4 is 5.32 Å². The summed E-state index contributed by atoms with van der Waals surface area (Å²) in [5, 5.41) is 3.37. The minimum Gasteiger partial charge on any atom is -0.345 e. The standard InChI is InChI=1S/C11H10Br2F3NO/c1-11(4-12,5-13)17-10(18)6-2-3-7(14)9(16)8(6)15/h2-3H,4-5H2,1H3,(H,17,18). The van der Waals surface area contributed by atoms with Gasteiger partial charge in [0.25, 0.3) is 5.91 Å². The summed E-state index contributed by atoms with van der Waals surface area (Å²) < 4.78 is 39.1. The van der Waals surface area contributed by atoms with Gasteiger partial charge in [-0.1, -0.05) is 31.9 Å². The van der Waals surface area contributed by atoms with Gasteiger partial charge in [-0.3, -0.25) is 4.79 Å². The summed E-state index contributed by atoms with van der Waals surface area (Å²) in [7, 11) is 0. The number of alkyl halides is 2. The van der Waals surface area contributed by atoms with E-state index in [-0.39, 0.29) is 0 Å². The molecular weight excluding hydrogens is 379 g/mol. The maximum Gasteiger partial charge on any atom is 0.254 e. The number of carbonyl (C=O) groups is 1. The van der Waals surface area contributed by atoms with E-state index in [0.717, 1.165) is 6.07 Å². The van der Waals surface area contributed by atoms with E-state index in [1.807, 2.05) is 0 Å². The van der Waals surface area contributed by atoms with Gasteiger partial charge < -0.3 is 5.32 Å². The second-order valence-electron chi connectivity index (χ2n) is 4.00. The van der Waals surface area contributed by atoms with E-state index >= 15 is 0 Å². The van der Waals surface area contributed by atoms with Crippen molar-refractivity contribution in [2.45, 2.75) is 12.5 Å². The Morgan fingerprint density at radius 2 is 1.78 bits per heavy atom. The summed E-state index contributed by atoms with van der Waals surface area (Å²) in [6, 6.07) is 1.62. The molecule has 0 atom stereocenters. The fraction of sp³-hybridized carbons (Fsp3) is 0.364. The summed E-state index contributed by atoms with van der Waals surface area (Å²) in [4.78, 5) is 11.8. The third-order valence-corrected chi connectivity index (χ3v) is 4.76. The van der Waals surface area contributed by atoms with E-state index in [9.17, 15) is 18.0 Å². The highest BCUT2D eigenvalue weighted by Gasteiger charge is 2.27. The molecule has 1 rings (SSSR count). The predicted molar refractivity (Wildman–Crippen MR) is 69.8 cm³/mol. The van der Waals surface area contributed by atoms with Crippen molar-refractivity contribution in [1.29, 1.82) is 0 Å². The van der Waals surface area contributed by atoms with E-state index in [2.05, 4.69) is 37.2 Å². The van der Waals surface area contributed by atoms with Gasteiger partial charge in [0.15, 0.2) is 17.5 Å². The minimum absolute atomic E-state index is 0.419. The Morgan fingerprint density at radius 3 is 2.28 bits per heavy atom. The first-order valence-electron chi connectivity index (χ1n) is 4.92. The van der Waals surface area contributed by atoms with Gasteiger partial charge in [0.05, 0.1) is 11.1 Å². The highest BCUT2D eigenvalue weighted by molar-refractivity contribution is 9.09. The Balaban J connectivity index is 3.02. The molecule has 0 fully saturated rings. The van der Waals surface area contributed by atoms with Crippen LogP contribution in [0.15, 0.2) is 12.1 Å². The molecule has 0 aliphatic rings. The minimum atomic E-state index is -1.65. The molecule has 18 heavy (non-hydrogen) atoms. The Labute approximate surface area is 119 Å². The number of hydrogen-bond acceptors (Lipinski definition) is 1. The molecule has 1 N–H and O–H groups in total. The normalized spacial score (nSPS) is 11.4. The van der Waals surface area contributed by atoms with Gasteiger partial charge in [0.2, 0.25) is 0 Å². The average molecular weight is 389 g/mol. The molecule has 7 heteroatoms. The van der Waals surface area contributed by atoms with Crippen molar-refractivity contribution >= 4 is 37.8 Å². The first-order chi connectivity index (χ1) is 8.34. The topological polar surface area (TPSA) is 29.1 Å². The molecule has 0 heterocycles. The van der Waals surface area contributed by atoms with Crippen molar-refractivity contribution in [3.05, 3.63) is 35.1 Å². The van der Waals surface area contributed by atoms with Gasteiger partial charge in [-0.25, -0.2) is 13.2 Å². The highest BCUT2D eigenvalue weighted by atomic mass is 79.9. The van der Waals surface area contributed by atoms with Crippen LogP contribution in [0.25, 0.3) is 0 Å². The van der Waals surface area contributed by atoms with Crippen LogP contribution in [-0.4, -0.2) is 22.1 Å². The number of nitrogens with one attached hydrogen (secondary N) is 1.